The SMILES string of the molecule is COc1cc(Br)c(Oc2cccc(F)c2C(=N)N)cc1Br. The lowest BCUT2D eigenvalue weighted by Crippen LogP contribution is -2.14. The minimum absolute atomic E-state index is 0.0728. The van der Waals surface area contributed by atoms with Crippen molar-refractivity contribution < 1.29 is 13.9 Å². The number of nitrogens with two attached hydrogens (primary N) is 1. The molecular weight excluding hydrogens is 407 g/mol. The number of benzene rings is 2. The van der Waals surface area contributed by atoms with Crippen molar-refractivity contribution in [1.29, 1.82) is 5.41 Å². The molecule has 0 aliphatic rings. The van der Waals surface area contributed by atoms with Crippen LogP contribution in [0.25, 0.3) is 0 Å². The summed E-state index contributed by atoms with van der Waals surface area (Å²) in [6.07, 6.45) is 0. The Kier molecular flexibility index (Phi) is 4.84. The highest BCUT2D eigenvalue weighted by molar-refractivity contribution is 9.11. The third-order valence-electron chi connectivity index (χ3n) is 2.67. The molecule has 7 heteroatoms. The Morgan fingerprint density at radius 3 is 2.38 bits per heavy atom. The number of amidine groups is 1. The first-order valence-electron chi connectivity index (χ1n) is 5.77. The summed E-state index contributed by atoms with van der Waals surface area (Å²) >= 11 is 6.71. The molecule has 0 fully saturated rings. The van der Waals surface area contributed by atoms with Crippen LogP contribution in [0.1, 0.15) is 5.56 Å². The van der Waals surface area contributed by atoms with Gasteiger partial charge in [0.2, 0.25) is 0 Å². The van der Waals surface area contributed by atoms with Gasteiger partial charge in [0.25, 0.3) is 0 Å². The third-order valence-corrected chi connectivity index (χ3v) is 3.91. The first-order chi connectivity index (χ1) is 9.93. The summed E-state index contributed by atoms with van der Waals surface area (Å²) in [5.74, 6) is 0.229. The number of nitrogen functional groups attached to an aromatic ring is 1. The third kappa shape index (κ3) is 3.36. The van der Waals surface area contributed by atoms with Gasteiger partial charge in [0.1, 0.15) is 28.9 Å². The molecule has 0 unspecified atom stereocenters. The molecule has 0 saturated heterocycles. The highest BCUT2D eigenvalue weighted by Crippen LogP contribution is 2.39. The summed E-state index contributed by atoms with van der Waals surface area (Å²) in [6.45, 7) is 0. The second kappa shape index (κ2) is 6.44. The summed E-state index contributed by atoms with van der Waals surface area (Å²) in [7, 11) is 1.55. The molecule has 110 valence electrons. The lowest BCUT2D eigenvalue weighted by atomic mass is 10.1. The fourth-order valence-electron chi connectivity index (χ4n) is 1.71. The van der Waals surface area contributed by atoms with Crippen LogP contribution in [0, 0.1) is 11.2 Å². The van der Waals surface area contributed by atoms with Crippen LogP contribution < -0.4 is 15.2 Å². The van der Waals surface area contributed by atoms with Gasteiger partial charge in [-0.3, -0.25) is 5.41 Å². The summed E-state index contributed by atoms with van der Waals surface area (Å²) in [4.78, 5) is 0. The number of rotatable bonds is 4. The smallest absolute Gasteiger partial charge is 0.143 e. The van der Waals surface area contributed by atoms with Crippen molar-refractivity contribution in [2.45, 2.75) is 0 Å². The zero-order valence-corrected chi connectivity index (χ0v) is 14.1. The van der Waals surface area contributed by atoms with Gasteiger partial charge in [0.05, 0.1) is 21.6 Å². The summed E-state index contributed by atoms with van der Waals surface area (Å²) < 4.78 is 25.9. The van der Waals surface area contributed by atoms with Gasteiger partial charge < -0.3 is 15.2 Å². The van der Waals surface area contributed by atoms with E-state index < -0.39 is 11.7 Å². The van der Waals surface area contributed by atoms with Crippen molar-refractivity contribution in [1.82, 2.24) is 0 Å². The molecule has 0 aromatic heterocycles. The zero-order valence-electron chi connectivity index (χ0n) is 10.9. The fourth-order valence-corrected chi connectivity index (χ4v) is 2.60. The van der Waals surface area contributed by atoms with E-state index in [1.165, 1.54) is 12.1 Å². The molecule has 0 amide bonds. The van der Waals surface area contributed by atoms with Gasteiger partial charge in [-0.1, -0.05) is 6.07 Å². The largest absolute Gasteiger partial charge is 0.496 e. The second-order valence-electron chi connectivity index (χ2n) is 4.05. The number of ether oxygens (including phenoxy) is 2. The molecule has 0 saturated carbocycles. The van der Waals surface area contributed by atoms with Crippen molar-refractivity contribution in [3.8, 4) is 17.2 Å². The quantitative estimate of drug-likeness (QED) is 0.570. The number of nitrogens with one attached hydrogen (secondary N) is 1. The Morgan fingerprint density at radius 2 is 1.76 bits per heavy atom. The first kappa shape index (κ1) is 15.8. The molecule has 0 spiro atoms. The van der Waals surface area contributed by atoms with Gasteiger partial charge in [0.15, 0.2) is 0 Å². The zero-order chi connectivity index (χ0) is 15.6. The highest BCUT2D eigenvalue weighted by Gasteiger charge is 2.15. The molecular formula is C14H11Br2FN2O2. The van der Waals surface area contributed by atoms with Crippen molar-refractivity contribution in [3.63, 3.8) is 0 Å². The molecule has 0 heterocycles. The molecule has 3 N–H and O–H groups in total. The predicted molar refractivity (Wildman–Crippen MR) is 85.9 cm³/mol. The fraction of sp³-hybridized carbons (Fsp3) is 0.0714. The summed E-state index contributed by atoms with van der Waals surface area (Å²) in [6, 6.07) is 7.65. The molecule has 2 aromatic rings. The Labute approximate surface area is 137 Å². The van der Waals surface area contributed by atoms with Crippen molar-refractivity contribution in [2.75, 3.05) is 7.11 Å². The molecule has 21 heavy (non-hydrogen) atoms. The molecule has 2 aromatic carbocycles. The maximum absolute atomic E-state index is 13.8. The molecule has 0 aliphatic heterocycles. The monoisotopic (exact) mass is 416 g/mol. The topological polar surface area (TPSA) is 68.3 Å². The lowest BCUT2D eigenvalue weighted by molar-refractivity contribution is 0.409. The molecule has 4 nitrogen and oxygen atoms in total. The van der Waals surface area contributed by atoms with E-state index in [0.717, 1.165) is 0 Å². The van der Waals surface area contributed by atoms with E-state index in [1.807, 2.05) is 0 Å². The molecule has 2 rings (SSSR count). The van der Waals surface area contributed by atoms with Crippen molar-refractivity contribution in [3.05, 3.63) is 50.7 Å². The van der Waals surface area contributed by atoms with Crippen LogP contribution in [0.3, 0.4) is 0 Å². The maximum Gasteiger partial charge on any atom is 0.143 e. The van der Waals surface area contributed by atoms with Crippen LogP contribution >= 0.6 is 31.9 Å². The summed E-state index contributed by atoms with van der Waals surface area (Å²) in [5, 5.41) is 7.46. The average molecular weight is 418 g/mol. The van der Waals surface area contributed by atoms with E-state index >= 15 is 0 Å². The maximum atomic E-state index is 13.8. The van der Waals surface area contributed by atoms with E-state index in [-0.39, 0.29) is 11.3 Å². The van der Waals surface area contributed by atoms with Gasteiger partial charge in [-0.15, -0.1) is 0 Å². The van der Waals surface area contributed by atoms with Crippen LogP contribution in [0.2, 0.25) is 0 Å². The molecule has 0 atom stereocenters. The van der Waals surface area contributed by atoms with Gasteiger partial charge in [-0.25, -0.2) is 4.39 Å². The van der Waals surface area contributed by atoms with Crippen molar-refractivity contribution >= 4 is 37.7 Å². The Morgan fingerprint density at radius 1 is 1.14 bits per heavy atom. The number of hydrogen-bond donors (Lipinski definition) is 2. The second-order valence-corrected chi connectivity index (χ2v) is 5.75. The van der Waals surface area contributed by atoms with E-state index in [9.17, 15) is 4.39 Å². The van der Waals surface area contributed by atoms with E-state index in [2.05, 4.69) is 31.9 Å². The number of methoxy groups -OCH3 is 1. The minimum Gasteiger partial charge on any atom is -0.496 e. The number of halogens is 3. The Bertz CT molecular complexity index is 708. The lowest BCUT2D eigenvalue weighted by Gasteiger charge is -2.13. The van der Waals surface area contributed by atoms with Gasteiger partial charge in [0, 0.05) is 0 Å². The Balaban J connectivity index is 2.46. The Hall–Kier alpha value is -1.60. The average Bonchev–Trinajstić information content (AvgIpc) is 2.42. The van der Waals surface area contributed by atoms with E-state index in [4.69, 9.17) is 20.6 Å². The van der Waals surface area contributed by atoms with Gasteiger partial charge in [-0.05, 0) is 56.1 Å². The van der Waals surface area contributed by atoms with E-state index in [0.29, 0.717) is 20.4 Å². The normalized spacial score (nSPS) is 10.3. The number of hydrogen-bond acceptors (Lipinski definition) is 3. The van der Waals surface area contributed by atoms with Crippen molar-refractivity contribution in [2.24, 2.45) is 5.73 Å². The van der Waals surface area contributed by atoms with Crippen LogP contribution in [-0.4, -0.2) is 12.9 Å². The molecule has 0 aliphatic carbocycles. The molecule has 0 radical (unpaired) electrons. The summed E-state index contributed by atoms with van der Waals surface area (Å²) in [5.41, 5.74) is 5.33. The van der Waals surface area contributed by atoms with Crippen LogP contribution in [-0.2, 0) is 0 Å². The van der Waals surface area contributed by atoms with Gasteiger partial charge in [-0.2, -0.15) is 0 Å². The highest BCUT2D eigenvalue weighted by atomic mass is 79.9. The predicted octanol–water partition coefficient (Wildman–Crippen LogP) is 4.44. The van der Waals surface area contributed by atoms with E-state index in [1.54, 1.807) is 25.3 Å². The van der Waals surface area contributed by atoms with Crippen LogP contribution in [0.4, 0.5) is 4.39 Å². The van der Waals surface area contributed by atoms with Crippen LogP contribution in [0.15, 0.2) is 39.3 Å². The first-order valence-corrected chi connectivity index (χ1v) is 7.36. The van der Waals surface area contributed by atoms with Crippen LogP contribution in [0.5, 0.6) is 17.2 Å². The standard InChI is InChI=1S/C14H11Br2FN2O2/c1-20-11-5-8(16)12(6-7(11)15)21-10-4-2-3-9(17)13(10)14(18)19/h2-6H,1H3,(H3,18,19). The van der Waals surface area contributed by atoms with Gasteiger partial charge >= 0.3 is 0 Å². The minimum atomic E-state index is -0.608. The molecule has 0 bridgehead atoms.